The number of nitrogens with one attached hydrogen (secondary N) is 2. The number of benzene rings is 1. The monoisotopic (exact) mass is 657 g/mol. The number of imidazole rings is 2. The molecule has 1 aliphatic carbocycles. The summed E-state index contributed by atoms with van der Waals surface area (Å²) in [6.45, 7) is 17.1. The van der Waals surface area contributed by atoms with Crippen molar-refractivity contribution in [1.82, 2.24) is 34.9 Å². The molecule has 4 heterocycles. The molecule has 9 heteroatoms. The number of pyridine rings is 1. The third-order valence-electron chi connectivity index (χ3n) is 6.99. The topological polar surface area (TPSA) is 114 Å². The van der Waals surface area contributed by atoms with Crippen molar-refractivity contribution in [3.63, 3.8) is 0 Å². The summed E-state index contributed by atoms with van der Waals surface area (Å²) in [7, 11) is 1.63. The first-order chi connectivity index (χ1) is 22.1. The number of hydrogen-bond acceptors (Lipinski definition) is 7. The van der Waals surface area contributed by atoms with Gasteiger partial charge < -0.3 is 19.4 Å². The number of rotatable bonds is 8. The first-order valence-electron chi connectivity index (χ1n) is 16.1. The number of ether oxygens (including phenoxy) is 2. The Morgan fingerprint density at radius 2 is 1.48 bits per heavy atom. The normalized spacial score (nSPS) is 11.6. The fourth-order valence-electron chi connectivity index (χ4n) is 3.96. The van der Waals surface area contributed by atoms with Crippen LogP contribution in [-0.2, 0) is 0 Å². The molecule has 1 aromatic carbocycles. The van der Waals surface area contributed by atoms with Crippen molar-refractivity contribution in [3.05, 3.63) is 102 Å². The summed E-state index contributed by atoms with van der Waals surface area (Å²) < 4.78 is 10.7. The number of methoxy groups -OCH3 is 1. The molecule has 1 fully saturated rings. The van der Waals surface area contributed by atoms with Gasteiger partial charge in [0, 0.05) is 54.4 Å². The van der Waals surface area contributed by atoms with Crippen LogP contribution in [-0.4, -0.2) is 48.1 Å². The molecule has 9 nitrogen and oxygen atoms in total. The Labute approximate surface area is 289 Å². The molecule has 0 bridgehead atoms. The quantitative estimate of drug-likeness (QED) is 0.171. The minimum absolute atomic E-state index is 0. The van der Waals surface area contributed by atoms with E-state index in [0.29, 0.717) is 35.7 Å². The van der Waals surface area contributed by atoms with Gasteiger partial charge >= 0.3 is 0 Å². The van der Waals surface area contributed by atoms with E-state index in [1.807, 2.05) is 36.7 Å². The molecule has 0 radical (unpaired) electrons. The van der Waals surface area contributed by atoms with E-state index in [9.17, 15) is 0 Å². The molecule has 0 saturated heterocycles. The molecule has 0 spiro atoms. The number of nitrogens with zero attached hydrogens (tertiary/aromatic N) is 5. The van der Waals surface area contributed by atoms with E-state index in [4.69, 9.17) is 9.47 Å². The van der Waals surface area contributed by atoms with Crippen molar-refractivity contribution in [3.8, 4) is 23.1 Å². The third kappa shape index (κ3) is 14.5. The van der Waals surface area contributed by atoms with E-state index in [0.717, 1.165) is 34.5 Å². The number of aromatic amines is 2. The van der Waals surface area contributed by atoms with Gasteiger partial charge in [0.05, 0.1) is 19.4 Å². The van der Waals surface area contributed by atoms with Crippen LogP contribution in [0.3, 0.4) is 0 Å². The highest BCUT2D eigenvalue weighted by Crippen LogP contribution is 2.28. The zero-order valence-electron chi connectivity index (χ0n) is 28.9. The molecule has 0 amide bonds. The van der Waals surface area contributed by atoms with Gasteiger partial charge in [0.2, 0.25) is 5.88 Å². The Morgan fingerprint density at radius 1 is 0.750 bits per heavy atom. The third-order valence-corrected chi connectivity index (χ3v) is 6.99. The predicted molar refractivity (Wildman–Crippen MR) is 199 cm³/mol. The maximum Gasteiger partial charge on any atom is 0.213 e. The lowest BCUT2D eigenvalue weighted by atomic mass is 10.0. The second-order valence-corrected chi connectivity index (χ2v) is 12.4. The molecular formula is C39H59N7O2. The van der Waals surface area contributed by atoms with E-state index in [2.05, 4.69) is 108 Å². The van der Waals surface area contributed by atoms with Gasteiger partial charge in [-0.15, -0.1) is 0 Å². The molecule has 262 valence electrons. The van der Waals surface area contributed by atoms with Crippen LogP contribution in [0.4, 0.5) is 0 Å². The Kier molecular flexibility index (Phi) is 18.5. The molecule has 6 rings (SSSR count). The maximum atomic E-state index is 5.72. The highest BCUT2D eigenvalue weighted by Gasteiger charge is 2.23. The van der Waals surface area contributed by atoms with Crippen LogP contribution in [0.15, 0.2) is 79.6 Å². The van der Waals surface area contributed by atoms with Gasteiger partial charge in [-0.25, -0.2) is 19.9 Å². The van der Waals surface area contributed by atoms with Gasteiger partial charge in [-0.3, -0.25) is 4.98 Å². The first-order valence-corrected chi connectivity index (χ1v) is 16.1. The van der Waals surface area contributed by atoms with E-state index in [1.165, 1.54) is 18.4 Å². The Hall–Kier alpha value is -4.53. The Morgan fingerprint density at radius 3 is 1.98 bits per heavy atom. The minimum atomic E-state index is 0. The zero-order chi connectivity index (χ0) is 33.5. The van der Waals surface area contributed by atoms with Crippen molar-refractivity contribution < 1.29 is 9.47 Å². The Balaban J connectivity index is 0.000000321. The smallest absolute Gasteiger partial charge is 0.213 e. The van der Waals surface area contributed by atoms with Gasteiger partial charge in [-0.2, -0.15) is 0 Å². The van der Waals surface area contributed by atoms with Crippen LogP contribution >= 0.6 is 0 Å². The van der Waals surface area contributed by atoms with Gasteiger partial charge in [0.25, 0.3) is 0 Å². The SMILES string of the molecule is C.C.CC(C)c1cccc(OC2CC2)c1.CC(C)c1cnc(-c2cnccn2)[nH]1.CC(C)c1ncc[nH]1.COc1cccc(C(C)C)n1. The molecule has 5 aromatic rings. The summed E-state index contributed by atoms with van der Waals surface area (Å²) in [5.41, 5.74) is 4.33. The van der Waals surface area contributed by atoms with Crippen LogP contribution in [0.25, 0.3) is 11.5 Å². The van der Waals surface area contributed by atoms with Gasteiger partial charge in [0.1, 0.15) is 17.3 Å². The fraction of sp³-hybridized carbons (Fsp3) is 0.462. The summed E-state index contributed by atoms with van der Waals surface area (Å²) in [5, 5.41) is 0. The predicted octanol–water partition coefficient (Wildman–Crippen LogP) is 10.4. The van der Waals surface area contributed by atoms with Gasteiger partial charge in [-0.05, 0) is 54.4 Å². The number of H-pyrrole nitrogens is 2. The summed E-state index contributed by atoms with van der Waals surface area (Å²) in [5.74, 6) is 5.59. The molecule has 48 heavy (non-hydrogen) atoms. The van der Waals surface area contributed by atoms with Crippen molar-refractivity contribution in [1.29, 1.82) is 0 Å². The van der Waals surface area contributed by atoms with E-state index in [-0.39, 0.29) is 14.9 Å². The Bertz CT molecular complexity index is 1530. The van der Waals surface area contributed by atoms with Crippen molar-refractivity contribution in [2.45, 2.75) is 113 Å². The van der Waals surface area contributed by atoms with E-state index < -0.39 is 0 Å². The molecular weight excluding hydrogens is 598 g/mol. The van der Waals surface area contributed by atoms with Crippen molar-refractivity contribution >= 4 is 0 Å². The summed E-state index contributed by atoms with van der Waals surface area (Å²) in [4.78, 5) is 27.0. The summed E-state index contributed by atoms with van der Waals surface area (Å²) in [6, 6.07) is 14.3. The number of aromatic nitrogens is 7. The molecule has 0 aliphatic heterocycles. The van der Waals surface area contributed by atoms with Crippen molar-refractivity contribution in [2.75, 3.05) is 7.11 Å². The van der Waals surface area contributed by atoms with Gasteiger partial charge in [0.15, 0.2) is 5.82 Å². The lowest BCUT2D eigenvalue weighted by Gasteiger charge is -2.08. The molecule has 0 atom stereocenters. The highest BCUT2D eigenvalue weighted by atomic mass is 16.5. The zero-order valence-corrected chi connectivity index (χ0v) is 28.9. The van der Waals surface area contributed by atoms with Crippen LogP contribution in [0.5, 0.6) is 11.6 Å². The second kappa shape index (κ2) is 21.4. The molecule has 4 aromatic heterocycles. The molecule has 1 aliphatic rings. The standard InChI is InChI=1S/C12H16O.C10H12N4.C9H13NO.C6H10N2.2CH4/c1-9(2)10-4-3-5-12(8-10)13-11-6-7-11;1-7(2)8-6-13-10(14-8)9-5-11-3-4-12-9;1-7(2)8-5-4-6-9(10-8)11-3;1-5(2)6-7-3-4-8-6;;/h3-5,8-9,11H,6-7H2,1-2H3;3-7H,1-2H3,(H,13,14);4-7H,1-3H3;3-5H,1-2H3,(H,7,8);2*1H4. The van der Waals surface area contributed by atoms with Gasteiger partial charge in [-0.1, -0.05) is 88.4 Å². The van der Waals surface area contributed by atoms with Crippen LogP contribution < -0.4 is 9.47 Å². The van der Waals surface area contributed by atoms with Crippen molar-refractivity contribution in [2.24, 2.45) is 0 Å². The summed E-state index contributed by atoms with van der Waals surface area (Å²) >= 11 is 0. The molecule has 1 saturated carbocycles. The van der Waals surface area contributed by atoms with Crippen LogP contribution in [0.1, 0.15) is 130 Å². The van der Waals surface area contributed by atoms with Crippen LogP contribution in [0, 0.1) is 0 Å². The molecule has 0 unspecified atom stereocenters. The second-order valence-electron chi connectivity index (χ2n) is 12.4. The van der Waals surface area contributed by atoms with E-state index >= 15 is 0 Å². The highest BCUT2D eigenvalue weighted by molar-refractivity contribution is 5.47. The van der Waals surface area contributed by atoms with E-state index in [1.54, 1.807) is 31.9 Å². The molecule has 2 N–H and O–H groups in total. The lowest BCUT2D eigenvalue weighted by Crippen LogP contribution is -1.96. The van der Waals surface area contributed by atoms with Crippen LogP contribution in [0.2, 0.25) is 0 Å². The lowest BCUT2D eigenvalue weighted by molar-refractivity contribution is 0.303. The number of hydrogen-bond donors (Lipinski definition) is 2. The largest absolute Gasteiger partial charge is 0.490 e. The fourth-order valence-corrected chi connectivity index (χ4v) is 3.96. The first kappa shape index (κ1) is 41.5. The average Bonchev–Trinajstić information content (AvgIpc) is 3.47. The minimum Gasteiger partial charge on any atom is -0.490 e. The summed E-state index contributed by atoms with van der Waals surface area (Å²) in [6.07, 6.45) is 13.4. The maximum absolute atomic E-state index is 5.72. The average molecular weight is 658 g/mol.